The molecule has 0 spiro atoms. The molecule has 0 radical (unpaired) electrons. The van der Waals surface area contributed by atoms with Crippen LogP contribution in [-0.2, 0) is 4.79 Å². The van der Waals surface area contributed by atoms with Crippen molar-refractivity contribution >= 4 is 5.91 Å². The van der Waals surface area contributed by atoms with Crippen molar-refractivity contribution in [2.45, 2.75) is 51.5 Å². The van der Waals surface area contributed by atoms with Crippen LogP contribution in [0.15, 0.2) is 0 Å². The average Bonchev–Trinajstić information content (AvgIpc) is 2.31. The van der Waals surface area contributed by atoms with Crippen LogP contribution in [-0.4, -0.2) is 19.0 Å². The zero-order valence-electron chi connectivity index (χ0n) is 9.31. The summed E-state index contributed by atoms with van der Waals surface area (Å²) < 4.78 is 0. The molecular formula is C11H22N2O. The highest BCUT2D eigenvalue weighted by molar-refractivity contribution is 5.80. The van der Waals surface area contributed by atoms with E-state index in [1.165, 1.54) is 25.7 Å². The quantitative estimate of drug-likeness (QED) is 0.674. The highest BCUT2D eigenvalue weighted by Gasteiger charge is 2.36. The maximum absolute atomic E-state index is 11.3. The van der Waals surface area contributed by atoms with Gasteiger partial charge in [-0.15, -0.1) is 0 Å². The zero-order chi connectivity index (χ0) is 10.6. The number of rotatable bonds is 3. The third kappa shape index (κ3) is 2.47. The summed E-state index contributed by atoms with van der Waals surface area (Å²) in [4.78, 5) is 11.3. The second kappa shape index (κ2) is 4.78. The molecule has 1 atom stereocenters. The first-order valence-electron chi connectivity index (χ1n) is 5.57. The number of primary amides is 1. The van der Waals surface area contributed by atoms with E-state index in [1.807, 2.05) is 7.05 Å². The molecule has 0 aliphatic heterocycles. The van der Waals surface area contributed by atoms with Crippen LogP contribution in [0.3, 0.4) is 0 Å². The minimum atomic E-state index is -0.211. The molecule has 0 heterocycles. The van der Waals surface area contributed by atoms with Crippen molar-refractivity contribution in [2.75, 3.05) is 7.05 Å². The lowest BCUT2D eigenvalue weighted by Crippen LogP contribution is -2.50. The first-order chi connectivity index (χ1) is 6.60. The standard InChI is InChI=1S/C11H22N2O/c1-11(9(13-2)10(12)14)7-5-3-4-6-8-11/h9,13H,3-8H2,1-2H3,(H2,12,14). The van der Waals surface area contributed by atoms with Crippen LogP contribution in [0.4, 0.5) is 0 Å². The minimum Gasteiger partial charge on any atom is -0.368 e. The summed E-state index contributed by atoms with van der Waals surface area (Å²) >= 11 is 0. The van der Waals surface area contributed by atoms with Crippen molar-refractivity contribution in [3.05, 3.63) is 0 Å². The van der Waals surface area contributed by atoms with Gasteiger partial charge < -0.3 is 11.1 Å². The Morgan fingerprint density at radius 2 is 1.79 bits per heavy atom. The average molecular weight is 198 g/mol. The van der Waals surface area contributed by atoms with E-state index in [1.54, 1.807) is 0 Å². The molecule has 1 unspecified atom stereocenters. The molecule has 1 aliphatic rings. The van der Waals surface area contributed by atoms with E-state index < -0.39 is 0 Å². The summed E-state index contributed by atoms with van der Waals surface area (Å²) in [5.41, 5.74) is 5.48. The lowest BCUT2D eigenvalue weighted by Gasteiger charge is -2.34. The second-order valence-corrected chi connectivity index (χ2v) is 4.69. The summed E-state index contributed by atoms with van der Waals surface area (Å²) in [5.74, 6) is -0.211. The molecule has 14 heavy (non-hydrogen) atoms. The Hall–Kier alpha value is -0.570. The Bertz CT molecular complexity index is 195. The van der Waals surface area contributed by atoms with E-state index in [4.69, 9.17) is 5.73 Å². The normalized spacial score (nSPS) is 23.9. The number of nitrogens with two attached hydrogens (primary N) is 1. The third-order valence-corrected chi connectivity index (χ3v) is 3.52. The predicted octanol–water partition coefficient (Wildman–Crippen LogP) is 1.42. The van der Waals surface area contributed by atoms with E-state index in [9.17, 15) is 4.79 Å². The number of carbonyl (C=O) groups excluding carboxylic acids is 1. The fraction of sp³-hybridized carbons (Fsp3) is 0.909. The highest BCUT2D eigenvalue weighted by atomic mass is 16.1. The smallest absolute Gasteiger partial charge is 0.235 e. The van der Waals surface area contributed by atoms with Gasteiger partial charge in [-0.3, -0.25) is 4.79 Å². The van der Waals surface area contributed by atoms with Gasteiger partial charge in [0.1, 0.15) is 0 Å². The summed E-state index contributed by atoms with van der Waals surface area (Å²) in [7, 11) is 1.82. The first-order valence-corrected chi connectivity index (χ1v) is 5.57. The van der Waals surface area contributed by atoms with Crippen LogP contribution in [0, 0.1) is 5.41 Å². The molecule has 1 rings (SSSR count). The molecule has 1 amide bonds. The first kappa shape index (κ1) is 11.5. The van der Waals surface area contributed by atoms with Crippen LogP contribution in [0.5, 0.6) is 0 Å². The van der Waals surface area contributed by atoms with E-state index in [0.29, 0.717) is 0 Å². The fourth-order valence-electron chi connectivity index (χ4n) is 2.66. The van der Waals surface area contributed by atoms with Gasteiger partial charge in [-0.1, -0.05) is 32.6 Å². The lowest BCUT2D eigenvalue weighted by atomic mass is 9.75. The van der Waals surface area contributed by atoms with Gasteiger partial charge in [-0.2, -0.15) is 0 Å². The highest BCUT2D eigenvalue weighted by Crippen LogP contribution is 2.37. The van der Waals surface area contributed by atoms with Gasteiger partial charge in [-0.25, -0.2) is 0 Å². The molecule has 1 saturated carbocycles. The molecular weight excluding hydrogens is 176 g/mol. The van der Waals surface area contributed by atoms with E-state index in [0.717, 1.165) is 12.8 Å². The van der Waals surface area contributed by atoms with Gasteiger partial charge >= 0.3 is 0 Å². The van der Waals surface area contributed by atoms with Crippen molar-refractivity contribution in [1.82, 2.24) is 5.32 Å². The van der Waals surface area contributed by atoms with Gasteiger partial charge in [0.15, 0.2) is 0 Å². The number of carbonyl (C=O) groups is 1. The number of amides is 1. The van der Waals surface area contributed by atoms with Crippen molar-refractivity contribution in [3.8, 4) is 0 Å². The van der Waals surface area contributed by atoms with E-state index in [-0.39, 0.29) is 17.4 Å². The van der Waals surface area contributed by atoms with Crippen LogP contribution in [0.2, 0.25) is 0 Å². The van der Waals surface area contributed by atoms with Gasteiger partial charge in [0.2, 0.25) is 5.91 Å². The van der Waals surface area contributed by atoms with E-state index >= 15 is 0 Å². The molecule has 0 aromatic carbocycles. The van der Waals surface area contributed by atoms with Crippen LogP contribution in [0.25, 0.3) is 0 Å². The molecule has 1 fully saturated rings. The van der Waals surface area contributed by atoms with Crippen molar-refractivity contribution in [1.29, 1.82) is 0 Å². The van der Waals surface area contributed by atoms with Gasteiger partial charge in [-0.05, 0) is 25.3 Å². The summed E-state index contributed by atoms with van der Waals surface area (Å²) in [5, 5.41) is 3.06. The third-order valence-electron chi connectivity index (χ3n) is 3.52. The number of nitrogens with one attached hydrogen (secondary N) is 1. The molecule has 0 aromatic rings. The van der Waals surface area contributed by atoms with E-state index in [2.05, 4.69) is 12.2 Å². The molecule has 0 saturated heterocycles. The predicted molar refractivity (Wildman–Crippen MR) is 57.9 cm³/mol. The Morgan fingerprint density at radius 1 is 1.29 bits per heavy atom. The van der Waals surface area contributed by atoms with Gasteiger partial charge in [0, 0.05) is 0 Å². The number of likely N-dealkylation sites (N-methyl/N-ethyl adjacent to an activating group) is 1. The van der Waals surface area contributed by atoms with Crippen LogP contribution >= 0.6 is 0 Å². The van der Waals surface area contributed by atoms with Gasteiger partial charge in [0.05, 0.1) is 6.04 Å². The number of hydrogen-bond donors (Lipinski definition) is 2. The Kier molecular flexibility index (Phi) is 3.93. The van der Waals surface area contributed by atoms with Crippen molar-refractivity contribution in [2.24, 2.45) is 11.1 Å². The van der Waals surface area contributed by atoms with Crippen LogP contribution < -0.4 is 11.1 Å². The molecule has 3 nitrogen and oxygen atoms in total. The van der Waals surface area contributed by atoms with Crippen molar-refractivity contribution < 1.29 is 4.79 Å². The summed E-state index contributed by atoms with van der Waals surface area (Å²) in [6.07, 6.45) is 7.27. The lowest BCUT2D eigenvalue weighted by molar-refractivity contribution is -0.123. The molecule has 0 aromatic heterocycles. The molecule has 3 heteroatoms. The summed E-state index contributed by atoms with van der Waals surface area (Å²) in [6, 6.07) is -0.166. The van der Waals surface area contributed by atoms with Gasteiger partial charge in [0.25, 0.3) is 0 Å². The maximum Gasteiger partial charge on any atom is 0.235 e. The fourth-order valence-corrected chi connectivity index (χ4v) is 2.66. The molecule has 82 valence electrons. The molecule has 1 aliphatic carbocycles. The summed E-state index contributed by atoms with van der Waals surface area (Å²) in [6.45, 7) is 2.18. The largest absolute Gasteiger partial charge is 0.368 e. The SMILES string of the molecule is CNC(C(N)=O)C1(C)CCCCCC1. The Labute approximate surface area is 86.4 Å². The molecule has 3 N–H and O–H groups in total. The van der Waals surface area contributed by atoms with Crippen molar-refractivity contribution in [3.63, 3.8) is 0 Å². The Balaban J connectivity index is 2.72. The monoisotopic (exact) mass is 198 g/mol. The van der Waals surface area contributed by atoms with Crippen LogP contribution in [0.1, 0.15) is 45.4 Å². The minimum absolute atomic E-state index is 0.0666. The maximum atomic E-state index is 11.3. The second-order valence-electron chi connectivity index (χ2n) is 4.69. The Morgan fingerprint density at radius 3 is 2.14 bits per heavy atom. The zero-order valence-corrected chi connectivity index (χ0v) is 9.31. The molecule has 0 bridgehead atoms. The number of hydrogen-bond acceptors (Lipinski definition) is 2. The topological polar surface area (TPSA) is 55.1 Å².